The van der Waals surface area contributed by atoms with Crippen LogP contribution in [0.3, 0.4) is 0 Å². The molecule has 2 fully saturated rings. The number of rotatable bonds is 5. The summed E-state index contributed by atoms with van der Waals surface area (Å²) in [5.41, 5.74) is 3.68. The number of non-ortho nitro benzene ring substituents is 1. The van der Waals surface area contributed by atoms with Crippen LogP contribution >= 0.6 is 0 Å². The van der Waals surface area contributed by atoms with Crippen LogP contribution in [0.25, 0.3) is 0 Å². The van der Waals surface area contributed by atoms with Crippen molar-refractivity contribution in [1.82, 2.24) is 19.8 Å². The second-order valence-electron chi connectivity index (χ2n) is 9.14. The molecule has 170 valence electrons. The molecule has 2 saturated heterocycles. The third-order valence-corrected chi connectivity index (χ3v) is 6.85. The Balaban J connectivity index is 1.38. The van der Waals surface area contributed by atoms with E-state index in [9.17, 15) is 10.1 Å². The molecule has 3 aliphatic rings. The van der Waals surface area contributed by atoms with E-state index in [1.807, 2.05) is 12.1 Å². The lowest BCUT2D eigenvalue weighted by molar-refractivity contribution is -0.384. The summed E-state index contributed by atoms with van der Waals surface area (Å²) in [6.07, 6.45) is 3.34. The maximum atomic E-state index is 10.9. The fraction of sp³-hybridized carbons (Fsp3) is 0.565. The summed E-state index contributed by atoms with van der Waals surface area (Å²) in [6.45, 7) is 8.69. The maximum absolute atomic E-state index is 10.9. The highest BCUT2D eigenvalue weighted by atomic mass is 16.6. The molecule has 0 bridgehead atoms. The van der Waals surface area contributed by atoms with Gasteiger partial charge in [0.1, 0.15) is 5.82 Å². The van der Waals surface area contributed by atoms with Gasteiger partial charge in [0, 0.05) is 83.0 Å². The molecule has 3 aliphatic heterocycles. The van der Waals surface area contributed by atoms with Gasteiger partial charge in [-0.1, -0.05) is 12.1 Å². The number of aromatic nitrogens is 2. The average Bonchev–Trinajstić information content (AvgIpc) is 3.34. The van der Waals surface area contributed by atoms with Crippen molar-refractivity contribution in [3.8, 4) is 0 Å². The van der Waals surface area contributed by atoms with Crippen molar-refractivity contribution in [3.05, 3.63) is 51.2 Å². The lowest BCUT2D eigenvalue weighted by Crippen LogP contribution is -2.45. The summed E-state index contributed by atoms with van der Waals surface area (Å²) in [5.74, 6) is 2.01. The second kappa shape index (κ2) is 8.99. The molecule has 9 heteroatoms. The number of piperazine rings is 1. The molecule has 4 heterocycles. The Hall–Kier alpha value is -2.78. The van der Waals surface area contributed by atoms with Crippen molar-refractivity contribution in [1.29, 1.82) is 0 Å². The number of fused-ring (bicyclic) bond motifs is 1. The van der Waals surface area contributed by atoms with Gasteiger partial charge in [0.15, 0.2) is 0 Å². The van der Waals surface area contributed by atoms with Gasteiger partial charge in [-0.05, 0) is 25.5 Å². The third kappa shape index (κ3) is 4.40. The van der Waals surface area contributed by atoms with E-state index < -0.39 is 0 Å². The molecular weight excluding hydrogens is 406 g/mol. The Morgan fingerprint density at radius 3 is 2.34 bits per heavy atom. The fourth-order valence-electron chi connectivity index (χ4n) is 4.89. The van der Waals surface area contributed by atoms with Gasteiger partial charge >= 0.3 is 0 Å². The van der Waals surface area contributed by atoms with Crippen LogP contribution in [0.4, 0.5) is 17.5 Å². The molecule has 1 aromatic carbocycles. The Labute approximate surface area is 188 Å². The first-order valence-corrected chi connectivity index (χ1v) is 11.6. The predicted octanol–water partition coefficient (Wildman–Crippen LogP) is 2.30. The molecule has 2 aromatic rings. The minimum atomic E-state index is -0.349. The van der Waals surface area contributed by atoms with Gasteiger partial charge in [0.2, 0.25) is 5.95 Å². The van der Waals surface area contributed by atoms with Crippen molar-refractivity contribution in [2.75, 3.05) is 62.7 Å². The summed E-state index contributed by atoms with van der Waals surface area (Å²) in [6, 6.07) is 6.91. The van der Waals surface area contributed by atoms with Crippen molar-refractivity contribution < 1.29 is 4.92 Å². The van der Waals surface area contributed by atoms with Crippen LogP contribution in [0.1, 0.15) is 29.7 Å². The molecule has 0 radical (unpaired) electrons. The van der Waals surface area contributed by atoms with Gasteiger partial charge in [-0.15, -0.1) is 0 Å². The highest BCUT2D eigenvalue weighted by Gasteiger charge is 2.28. The van der Waals surface area contributed by atoms with Crippen LogP contribution in [-0.2, 0) is 19.5 Å². The number of hydrogen-bond acceptors (Lipinski definition) is 8. The number of benzene rings is 1. The Morgan fingerprint density at radius 1 is 0.938 bits per heavy atom. The Morgan fingerprint density at radius 2 is 1.66 bits per heavy atom. The largest absolute Gasteiger partial charge is 0.356 e. The number of anilines is 2. The molecule has 9 nitrogen and oxygen atoms in total. The summed E-state index contributed by atoms with van der Waals surface area (Å²) in [7, 11) is 2.17. The zero-order chi connectivity index (χ0) is 22.1. The molecule has 5 rings (SSSR count). The zero-order valence-corrected chi connectivity index (χ0v) is 18.7. The van der Waals surface area contributed by atoms with E-state index in [0.717, 1.165) is 82.7 Å². The van der Waals surface area contributed by atoms with Crippen LogP contribution in [0.5, 0.6) is 0 Å². The number of likely N-dealkylation sites (N-methyl/N-ethyl adjacent to an activating group) is 1. The first-order chi connectivity index (χ1) is 15.6. The normalized spacial score (nSPS) is 19.9. The predicted molar refractivity (Wildman–Crippen MR) is 124 cm³/mol. The molecule has 32 heavy (non-hydrogen) atoms. The number of nitro groups is 1. The van der Waals surface area contributed by atoms with E-state index in [-0.39, 0.29) is 10.6 Å². The molecule has 0 atom stereocenters. The third-order valence-electron chi connectivity index (χ3n) is 6.85. The Bertz CT molecular complexity index is 967. The minimum absolute atomic E-state index is 0.138. The topological polar surface area (TPSA) is 81.9 Å². The molecule has 0 unspecified atom stereocenters. The van der Waals surface area contributed by atoms with Crippen molar-refractivity contribution in [2.24, 2.45) is 0 Å². The van der Waals surface area contributed by atoms with Gasteiger partial charge in [0.25, 0.3) is 5.69 Å². The highest BCUT2D eigenvalue weighted by molar-refractivity contribution is 5.55. The molecule has 0 N–H and O–H groups in total. The van der Waals surface area contributed by atoms with Crippen molar-refractivity contribution in [2.45, 2.75) is 32.4 Å². The maximum Gasteiger partial charge on any atom is 0.269 e. The van der Waals surface area contributed by atoms with Crippen LogP contribution in [0, 0.1) is 10.1 Å². The first kappa shape index (κ1) is 21.1. The molecule has 0 spiro atoms. The van der Waals surface area contributed by atoms with E-state index in [2.05, 4.69) is 26.6 Å². The van der Waals surface area contributed by atoms with E-state index in [1.165, 1.54) is 24.1 Å². The van der Waals surface area contributed by atoms with E-state index in [1.54, 1.807) is 12.1 Å². The molecule has 1 aromatic heterocycles. The Kier molecular flexibility index (Phi) is 5.93. The van der Waals surface area contributed by atoms with E-state index >= 15 is 0 Å². The van der Waals surface area contributed by atoms with Crippen LogP contribution in [0.2, 0.25) is 0 Å². The smallest absolute Gasteiger partial charge is 0.269 e. The van der Waals surface area contributed by atoms with Gasteiger partial charge in [0.05, 0.1) is 10.6 Å². The standard InChI is InChI=1S/C23H31N7O2/c1-26-12-14-29(15-13-26)23-24-21-8-11-27(16-18-4-6-19(7-5-18)30(31)32)17-20(21)22(25-23)28-9-2-3-10-28/h4-7H,2-3,8-17H2,1H3. The summed E-state index contributed by atoms with van der Waals surface area (Å²) in [4.78, 5) is 30.3. The quantitative estimate of drug-likeness (QED) is 0.521. The van der Waals surface area contributed by atoms with Crippen LogP contribution in [0.15, 0.2) is 24.3 Å². The summed E-state index contributed by atoms with van der Waals surface area (Å²) < 4.78 is 0. The van der Waals surface area contributed by atoms with Crippen LogP contribution < -0.4 is 9.80 Å². The fourth-order valence-corrected chi connectivity index (χ4v) is 4.89. The average molecular weight is 438 g/mol. The van der Waals surface area contributed by atoms with Crippen molar-refractivity contribution in [3.63, 3.8) is 0 Å². The minimum Gasteiger partial charge on any atom is -0.356 e. The molecule has 0 saturated carbocycles. The SMILES string of the molecule is CN1CCN(c2nc3c(c(N4CCCC4)n2)CN(Cc2ccc([N+](=O)[O-])cc2)CC3)CC1. The summed E-state index contributed by atoms with van der Waals surface area (Å²) in [5, 5.41) is 10.9. The van der Waals surface area contributed by atoms with E-state index in [4.69, 9.17) is 9.97 Å². The monoisotopic (exact) mass is 437 g/mol. The number of nitrogens with zero attached hydrogens (tertiary/aromatic N) is 7. The van der Waals surface area contributed by atoms with E-state index in [0.29, 0.717) is 0 Å². The lowest BCUT2D eigenvalue weighted by Gasteiger charge is -2.35. The van der Waals surface area contributed by atoms with Gasteiger partial charge < -0.3 is 14.7 Å². The number of hydrogen-bond donors (Lipinski definition) is 0. The highest BCUT2D eigenvalue weighted by Crippen LogP contribution is 2.32. The first-order valence-electron chi connectivity index (χ1n) is 11.6. The van der Waals surface area contributed by atoms with Gasteiger partial charge in [-0.3, -0.25) is 15.0 Å². The molecule has 0 amide bonds. The van der Waals surface area contributed by atoms with Crippen LogP contribution in [-0.4, -0.2) is 77.6 Å². The summed E-state index contributed by atoms with van der Waals surface area (Å²) >= 11 is 0. The van der Waals surface area contributed by atoms with Gasteiger partial charge in [-0.2, -0.15) is 4.98 Å². The zero-order valence-electron chi connectivity index (χ0n) is 18.7. The lowest BCUT2D eigenvalue weighted by atomic mass is 10.0. The molecule has 0 aliphatic carbocycles. The number of nitro benzene ring substituents is 1. The van der Waals surface area contributed by atoms with Gasteiger partial charge in [-0.25, -0.2) is 4.98 Å². The molecular formula is C23H31N7O2. The van der Waals surface area contributed by atoms with Crippen molar-refractivity contribution >= 4 is 17.5 Å². The second-order valence-corrected chi connectivity index (χ2v) is 9.14.